The second kappa shape index (κ2) is 8.70. The van der Waals surface area contributed by atoms with E-state index < -0.39 is 10.8 Å². The van der Waals surface area contributed by atoms with Gasteiger partial charge in [-0.1, -0.05) is 37.1 Å². The molecule has 4 rings (SSSR count). The van der Waals surface area contributed by atoms with E-state index >= 15 is 0 Å². The number of nitrogens with zero attached hydrogens (tertiary/aromatic N) is 3. The maximum Gasteiger partial charge on any atom is 0.282 e. The Labute approximate surface area is 184 Å². The molecule has 9 nitrogen and oxygen atoms in total. The van der Waals surface area contributed by atoms with Gasteiger partial charge in [-0.2, -0.15) is 5.10 Å². The quantitative estimate of drug-likeness (QED) is 0.334. The number of benzene rings is 2. The number of hydrogen-bond donors (Lipinski definition) is 1. The van der Waals surface area contributed by atoms with E-state index in [1.807, 2.05) is 0 Å². The SMILES string of the molecule is C/C(=N\NC(=O)c1ccccc1[N+](=O)[O-])c1ccc(N2C(=O)[C@@H]3CCCC[C@H]3C2=O)cc1. The zero-order valence-corrected chi connectivity index (χ0v) is 17.5. The van der Waals surface area contributed by atoms with Gasteiger partial charge in [-0.15, -0.1) is 0 Å². The summed E-state index contributed by atoms with van der Waals surface area (Å²) in [4.78, 5) is 49.6. The molecule has 9 heteroatoms. The number of hydrazone groups is 1. The van der Waals surface area contributed by atoms with Crippen LogP contribution in [0.25, 0.3) is 0 Å². The number of para-hydroxylation sites is 1. The van der Waals surface area contributed by atoms with E-state index in [1.165, 1.54) is 29.2 Å². The molecule has 0 bridgehead atoms. The summed E-state index contributed by atoms with van der Waals surface area (Å²) in [6.07, 6.45) is 3.46. The molecule has 3 amide bonds. The van der Waals surface area contributed by atoms with Crippen LogP contribution in [0.2, 0.25) is 0 Å². The van der Waals surface area contributed by atoms with Crippen molar-refractivity contribution in [2.24, 2.45) is 16.9 Å². The summed E-state index contributed by atoms with van der Waals surface area (Å²) in [6.45, 7) is 1.68. The molecule has 2 aromatic rings. The predicted octanol–water partition coefficient (Wildman–Crippen LogP) is 3.43. The summed E-state index contributed by atoms with van der Waals surface area (Å²) in [7, 11) is 0. The third-order valence-electron chi connectivity index (χ3n) is 6.05. The number of anilines is 1. The molecule has 2 aliphatic rings. The fourth-order valence-electron chi connectivity index (χ4n) is 4.35. The number of carbonyl (C=O) groups excluding carboxylic acids is 3. The first kappa shape index (κ1) is 21.4. The van der Waals surface area contributed by atoms with Gasteiger partial charge in [-0.3, -0.25) is 29.4 Å². The molecular formula is C23H22N4O5. The summed E-state index contributed by atoms with van der Waals surface area (Å²) in [5.74, 6) is -1.37. The third-order valence-corrected chi connectivity index (χ3v) is 6.05. The maximum absolute atomic E-state index is 12.7. The Kier molecular flexibility index (Phi) is 5.81. The molecule has 1 saturated heterocycles. The Morgan fingerprint density at radius 2 is 1.62 bits per heavy atom. The topological polar surface area (TPSA) is 122 Å². The van der Waals surface area contributed by atoms with Gasteiger partial charge >= 0.3 is 0 Å². The number of nitro benzene ring substituents is 1. The van der Waals surface area contributed by atoms with Crippen LogP contribution in [0, 0.1) is 22.0 Å². The second-order valence-electron chi connectivity index (χ2n) is 7.97. The average Bonchev–Trinajstić information content (AvgIpc) is 3.07. The van der Waals surface area contributed by atoms with Crippen molar-refractivity contribution in [3.8, 4) is 0 Å². The van der Waals surface area contributed by atoms with Crippen molar-refractivity contribution < 1.29 is 19.3 Å². The van der Waals surface area contributed by atoms with E-state index in [-0.39, 0.29) is 34.9 Å². The molecule has 0 spiro atoms. The highest BCUT2D eigenvalue weighted by Crippen LogP contribution is 2.40. The lowest BCUT2D eigenvalue weighted by Gasteiger charge is -2.19. The predicted molar refractivity (Wildman–Crippen MR) is 117 cm³/mol. The van der Waals surface area contributed by atoms with Crippen molar-refractivity contribution in [3.63, 3.8) is 0 Å². The lowest BCUT2D eigenvalue weighted by molar-refractivity contribution is -0.385. The van der Waals surface area contributed by atoms with Gasteiger partial charge in [0.25, 0.3) is 11.6 Å². The van der Waals surface area contributed by atoms with Crippen LogP contribution in [-0.4, -0.2) is 28.4 Å². The largest absolute Gasteiger partial charge is 0.282 e. The van der Waals surface area contributed by atoms with Crippen LogP contribution in [-0.2, 0) is 9.59 Å². The molecule has 1 aliphatic heterocycles. The molecule has 1 saturated carbocycles. The molecule has 2 fully saturated rings. The highest BCUT2D eigenvalue weighted by Gasteiger charge is 2.48. The molecule has 2 aromatic carbocycles. The van der Waals surface area contributed by atoms with Gasteiger partial charge in [0, 0.05) is 6.07 Å². The van der Waals surface area contributed by atoms with E-state index in [2.05, 4.69) is 10.5 Å². The van der Waals surface area contributed by atoms with Crippen LogP contribution in [0.15, 0.2) is 53.6 Å². The van der Waals surface area contributed by atoms with Crippen LogP contribution >= 0.6 is 0 Å². The van der Waals surface area contributed by atoms with E-state index in [0.29, 0.717) is 17.0 Å². The highest BCUT2D eigenvalue weighted by atomic mass is 16.6. The molecule has 0 aromatic heterocycles. The number of imide groups is 1. The lowest BCUT2D eigenvalue weighted by Crippen LogP contribution is -2.30. The molecule has 0 radical (unpaired) electrons. The molecule has 1 aliphatic carbocycles. The molecule has 164 valence electrons. The first-order valence-corrected chi connectivity index (χ1v) is 10.4. The molecule has 32 heavy (non-hydrogen) atoms. The van der Waals surface area contributed by atoms with Gasteiger partial charge in [0.15, 0.2) is 0 Å². The number of carbonyl (C=O) groups is 3. The fraction of sp³-hybridized carbons (Fsp3) is 0.304. The molecule has 1 N–H and O–H groups in total. The number of nitrogens with one attached hydrogen (secondary N) is 1. The van der Waals surface area contributed by atoms with Crippen LogP contribution < -0.4 is 10.3 Å². The molecule has 0 unspecified atom stereocenters. The van der Waals surface area contributed by atoms with E-state index in [4.69, 9.17) is 0 Å². The van der Waals surface area contributed by atoms with Gasteiger partial charge < -0.3 is 0 Å². The Morgan fingerprint density at radius 1 is 1.03 bits per heavy atom. The van der Waals surface area contributed by atoms with Crippen LogP contribution in [0.5, 0.6) is 0 Å². The number of rotatable bonds is 5. The minimum absolute atomic E-state index is 0.0862. The number of amides is 3. The summed E-state index contributed by atoms with van der Waals surface area (Å²) in [5, 5.41) is 15.1. The third kappa shape index (κ3) is 3.89. The standard InChI is InChI=1S/C23H22N4O5/c1-14(24-25-21(28)19-8-4-5-9-20(19)27(31)32)15-10-12-16(13-11-15)26-22(29)17-6-2-3-7-18(17)23(26)30/h4-5,8-13,17-18H,2-3,6-7H2,1H3,(H,25,28)/b24-14+/t17-,18-/m1/s1. The zero-order chi connectivity index (χ0) is 22.8. The molecular weight excluding hydrogens is 412 g/mol. The van der Waals surface area contributed by atoms with Crippen molar-refractivity contribution >= 4 is 34.8 Å². The van der Waals surface area contributed by atoms with Crippen LogP contribution in [0.1, 0.15) is 48.5 Å². The zero-order valence-electron chi connectivity index (χ0n) is 17.5. The number of hydrogen-bond acceptors (Lipinski definition) is 6. The summed E-state index contributed by atoms with van der Waals surface area (Å²) in [5.41, 5.74) is 3.61. The number of nitro groups is 1. The van der Waals surface area contributed by atoms with Crippen molar-refractivity contribution in [3.05, 3.63) is 69.8 Å². The molecule has 2 atom stereocenters. The normalized spacial score (nSPS) is 20.8. The summed E-state index contributed by atoms with van der Waals surface area (Å²) in [6, 6.07) is 12.4. The summed E-state index contributed by atoms with van der Waals surface area (Å²) >= 11 is 0. The van der Waals surface area contributed by atoms with E-state index in [9.17, 15) is 24.5 Å². The average molecular weight is 434 g/mol. The van der Waals surface area contributed by atoms with Gasteiger partial charge in [-0.05, 0) is 43.5 Å². The lowest BCUT2D eigenvalue weighted by atomic mass is 9.81. The second-order valence-corrected chi connectivity index (χ2v) is 7.97. The Morgan fingerprint density at radius 3 is 2.22 bits per heavy atom. The van der Waals surface area contributed by atoms with Crippen LogP contribution in [0.3, 0.4) is 0 Å². The highest BCUT2D eigenvalue weighted by molar-refractivity contribution is 6.22. The minimum Gasteiger partial charge on any atom is -0.274 e. The fourth-order valence-corrected chi connectivity index (χ4v) is 4.35. The number of fused-ring (bicyclic) bond motifs is 1. The van der Waals surface area contributed by atoms with Gasteiger partial charge in [0.1, 0.15) is 5.56 Å². The van der Waals surface area contributed by atoms with Gasteiger partial charge in [0.2, 0.25) is 11.8 Å². The van der Waals surface area contributed by atoms with Crippen molar-refractivity contribution in [1.29, 1.82) is 0 Å². The van der Waals surface area contributed by atoms with Gasteiger partial charge in [0.05, 0.1) is 28.2 Å². The maximum atomic E-state index is 12.7. The Bertz CT molecular complexity index is 1100. The van der Waals surface area contributed by atoms with Gasteiger partial charge in [-0.25, -0.2) is 5.43 Å². The first-order chi connectivity index (χ1) is 15.4. The first-order valence-electron chi connectivity index (χ1n) is 10.4. The van der Waals surface area contributed by atoms with E-state index in [0.717, 1.165) is 25.7 Å². The van der Waals surface area contributed by atoms with Crippen molar-refractivity contribution in [2.75, 3.05) is 4.90 Å². The molecule has 1 heterocycles. The Balaban J connectivity index is 1.48. The van der Waals surface area contributed by atoms with Crippen LogP contribution in [0.4, 0.5) is 11.4 Å². The Hall–Kier alpha value is -3.88. The smallest absolute Gasteiger partial charge is 0.274 e. The van der Waals surface area contributed by atoms with Crippen molar-refractivity contribution in [1.82, 2.24) is 5.43 Å². The monoisotopic (exact) mass is 434 g/mol. The summed E-state index contributed by atoms with van der Waals surface area (Å²) < 4.78 is 0. The minimum atomic E-state index is -0.691. The van der Waals surface area contributed by atoms with E-state index in [1.54, 1.807) is 31.2 Å². The van der Waals surface area contributed by atoms with Crippen molar-refractivity contribution in [2.45, 2.75) is 32.6 Å².